The highest BCUT2D eigenvalue weighted by Crippen LogP contribution is 2.43. The van der Waals surface area contributed by atoms with Gasteiger partial charge in [-0.1, -0.05) is 33.9 Å². The van der Waals surface area contributed by atoms with Gasteiger partial charge < -0.3 is 35.2 Å². The molecule has 2 aliphatic heterocycles. The van der Waals surface area contributed by atoms with E-state index in [1.54, 1.807) is 13.0 Å². The molecule has 3 atom stereocenters. The van der Waals surface area contributed by atoms with E-state index in [2.05, 4.69) is 22.0 Å². The number of hydrogen-bond acceptors (Lipinski definition) is 8. The third-order valence-electron chi connectivity index (χ3n) is 9.97. The van der Waals surface area contributed by atoms with Crippen molar-refractivity contribution in [2.45, 2.75) is 92.0 Å². The molecule has 0 aliphatic carbocycles. The highest BCUT2D eigenvalue weighted by Gasteiger charge is 2.35. The van der Waals surface area contributed by atoms with Crippen molar-refractivity contribution in [3.05, 3.63) is 75.4 Å². The molecule has 5 heterocycles. The van der Waals surface area contributed by atoms with Crippen molar-refractivity contribution in [1.82, 2.24) is 25.4 Å². The molecular formula is C39H47N5O9. The monoisotopic (exact) mass is 729 g/mol. The van der Waals surface area contributed by atoms with Gasteiger partial charge in [-0.25, -0.2) is 9.78 Å². The van der Waals surface area contributed by atoms with Crippen LogP contribution in [-0.4, -0.2) is 76.9 Å². The summed E-state index contributed by atoms with van der Waals surface area (Å²) in [5.74, 6) is -5.72. The predicted molar refractivity (Wildman–Crippen MR) is 201 cm³/mol. The summed E-state index contributed by atoms with van der Waals surface area (Å²) in [7, 11) is 0. The number of hydrogen-bond donors (Lipinski definition) is 7. The molecule has 0 amide bonds. The Morgan fingerprint density at radius 1 is 0.943 bits per heavy atom. The van der Waals surface area contributed by atoms with E-state index in [-0.39, 0.29) is 50.5 Å². The third-order valence-corrected chi connectivity index (χ3v) is 9.97. The third kappa shape index (κ3) is 8.08. The maximum Gasteiger partial charge on any atom is 0.338 e. The molecule has 5 rings (SSSR count). The second kappa shape index (κ2) is 16.4. The van der Waals surface area contributed by atoms with Gasteiger partial charge in [0, 0.05) is 69.3 Å². The van der Waals surface area contributed by atoms with Crippen LogP contribution in [-0.2, 0) is 36.9 Å². The Balaban J connectivity index is 0.00000627. The van der Waals surface area contributed by atoms with Crippen LogP contribution in [0.15, 0.2) is 24.8 Å². The maximum absolute atomic E-state index is 13.0. The molecule has 8 bridgehead atoms. The van der Waals surface area contributed by atoms with Gasteiger partial charge in [0.25, 0.3) is 0 Å². The van der Waals surface area contributed by atoms with Gasteiger partial charge in [-0.05, 0) is 74.1 Å². The molecule has 53 heavy (non-hydrogen) atoms. The molecule has 0 saturated carbocycles. The van der Waals surface area contributed by atoms with E-state index >= 15 is 0 Å². The number of fused-ring (bicyclic) bond motifs is 8. The first kappa shape index (κ1) is 40.2. The van der Waals surface area contributed by atoms with Crippen LogP contribution in [0.3, 0.4) is 0 Å². The van der Waals surface area contributed by atoms with Crippen molar-refractivity contribution in [3.63, 3.8) is 0 Å². The molecule has 7 N–H and O–H groups in total. The number of carboxylic acid groups (broad SMARTS) is 4. The number of H-pyrrole nitrogens is 2. The SMILES string of the molecule is C.C=Cc1c(C)c2cc3nc(c(CCON[C@@H](CC(=O)O)C(=O)O)c4nc(cc5[nH]c(cc1[nH]2)c(C)c5CC)C(C)=C4C(=O)O)[C@@H](CCC(=O)O)[C@@H]3C. The molecule has 0 aromatic carbocycles. The largest absolute Gasteiger partial charge is 0.481 e. The number of nitrogens with one attached hydrogen (secondary N) is 3. The molecule has 0 spiro atoms. The van der Waals surface area contributed by atoms with Crippen molar-refractivity contribution >= 4 is 63.2 Å². The summed E-state index contributed by atoms with van der Waals surface area (Å²) < 4.78 is 0. The maximum atomic E-state index is 13.0. The van der Waals surface area contributed by atoms with Gasteiger partial charge in [-0.3, -0.25) is 19.4 Å². The fraction of sp³-hybridized carbons (Fsp3) is 0.385. The summed E-state index contributed by atoms with van der Waals surface area (Å²) >= 11 is 0. The van der Waals surface area contributed by atoms with E-state index in [0.29, 0.717) is 34.6 Å². The molecule has 3 aromatic rings. The first-order chi connectivity index (χ1) is 24.7. The molecule has 0 unspecified atom stereocenters. The lowest BCUT2D eigenvalue weighted by Gasteiger charge is -2.18. The number of aryl methyl sites for hydroxylation is 3. The van der Waals surface area contributed by atoms with Gasteiger partial charge >= 0.3 is 23.9 Å². The lowest BCUT2D eigenvalue weighted by Crippen LogP contribution is -2.38. The topological polar surface area (TPSA) is 228 Å². The van der Waals surface area contributed by atoms with Gasteiger partial charge in [-0.2, -0.15) is 5.48 Å². The number of carboxylic acids is 4. The molecule has 14 heteroatoms. The lowest BCUT2D eigenvalue weighted by molar-refractivity contribution is -0.150. The second-order valence-corrected chi connectivity index (χ2v) is 13.1. The molecule has 0 radical (unpaired) electrons. The highest BCUT2D eigenvalue weighted by atomic mass is 16.6. The number of aromatic nitrogens is 4. The van der Waals surface area contributed by atoms with Crippen molar-refractivity contribution in [1.29, 1.82) is 0 Å². The minimum Gasteiger partial charge on any atom is -0.481 e. The minimum atomic E-state index is -1.54. The van der Waals surface area contributed by atoms with Crippen LogP contribution in [0.1, 0.15) is 110 Å². The van der Waals surface area contributed by atoms with E-state index in [0.717, 1.165) is 44.3 Å². The summed E-state index contributed by atoms with van der Waals surface area (Å²) in [5, 5.41) is 38.9. The van der Waals surface area contributed by atoms with Crippen molar-refractivity contribution < 1.29 is 44.4 Å². The van der Waals surface area contributed by atoms with Gasteiger partial charge in [0.05, 0.1) is 30.0 Å². The predicted octanol–water partition coefficient (Wildman–Crippen LogP) is 6.53. The first-order valence-corrected chi connectivity index (χ1v) is 17.0. The Morgan fingerprint density at radius 2 is 1.62 bits per heavy atom. The lowest BCUT2D eigenvalue weighted by atomic mass is 9.84. The minimum absolute atomic E-state index is 0. The molecule has 282 valence electrons. The van der Waals surface area contributed by atoms with E-state index in [9.17, 15) is 34.5 Å². The van der Waals surface area contributed by atoms with Crippen LogP contribution in [0.5, 0.6) is 0 Å². The number of carbonyl (C=O) groups is 4. The Hall–Kier alpha value is -5.60. The fourth-order valence-electron chi connectivity index (χ4n) is 7.11. The zero-order chi connectivity index (χ0) is 38.0. The zero-order valence-corrected chi connectivity index (χ0v) is 29.7. The number of aromatic amines is 2. The van der Waals surface area contributed by atoms with Gasteiger partial charge in [0.2, 0.25) is 0 Å². The normalized spacial score (nSPS) is 15.9. The number of allylic oxidation sites excluding steroid dienone is 1. The highest BCUT2D eigenvalue weighted by molar-refractivity contribution is 6.24. The molecule has 0 fully saturated rings. The molecular weight excluding hydrogens is 682 g/mol. The summed E-state index contributed by atoms with van der Waals surface area (Å²) in [6.45, 7) is 13.5. The summed E-state index contributed by atoms with van der Waals surface area (Å²) in [5.41, 5.74) is 11.9. The van der Waals surface area contributed by atoms with E-state index < -0.39 is 42.3 Å². The molecule has 2 aliphatic rings. The number of rotatable bonds is 14. The second-order valence-electron chi connectivity index (χ2n) is 13.1. The standard InChI is InChI=1S/C38H43N5O9.CH4/c1-7-21-17(3)25-13-27-19(5)23(9-10-32(44)45)35(41-27)24(11-12-52-43-31(37(48)49)16-33(46)47)36-34(38(50)51)20(6)28(42-36)15-30-22(8-2)18(4)26(40-30)14-29(21)39-25;/h7,13-15,19,23,31,39-40,43H,1,8-12,16H2,2-6H3,(H,44,45)(H,46,47)(H,48,49)(H,50,51);1H4/t19-,23-,31-;/m0./s1. The Labute approximate surface area is 306 Å². The number of aliphatic carboxylic acids is 4. The van der Waals surface area contributed by atoms with Gasteiger partial charge in [0.15, 0.2) is 0 Å². The van der Waals surface area contributed by atoms with Crippen LogP contribution in [0.2, 0.25) is 0 Å². The van der Waals surface area contributed by atoms with Crippen LogP contribution in [0.4, 0.5) is 0 Å². The summed E-state index contributed by atoms with van der Waals surface area (Å²) in [6.07, 6.45) is 1.75. The molecule has 0 saturated heterocycles. The van der Waals surface area contributed by atoms with Crippen molar-refractivity contribution in [3.8, 4) is 0 Å². The zero-order valence-electron chi connectivity index (χ0n) is 29.7. The van der Waals surface area contributed by atoms with Crippen LogP contribution in [0.25, 0.3) is 39.3 Å². The Bertz CT molecular complexity index is 2180. The fourth-order valence-corrected chi connectivity index (χ4v) is 7.11. The van der Waals surface area contributed by atoms with Crippen LogP contribution >= 0.6 is 0 Å². The number of hydroxylamine groups is 1. The Kier molecular flexibility index (Phi) is 12.4. The van der Waals surface area contributed by atoms with Gasteiger partial charge in [0.1, 0.15) is 6.04 Å². The quantitative estimate of drug-likeness (QED) is 0.0694. The van der Waals surface area contributed by atoms with Crippen LogP contribution in [0, 0.1) is 13.8 Å². The van der Waals surface area contributed by atoms with Crippen LogP contribution < -0.4 is 5.48 Å². The number of nitrogens with zero attached hydrogens (tertiary/aromatic N) is 2. The molecule has 3 aromatic heterocycles. The average molecular weight is 730 g/mol. The molecule has 14 nitrogen and oxygen atoms in total. The smallest absolute Gasteiger partial charge is 0.338 e. The first-order valence-electron chi connectivity index (χ1n) is 17.0. The Morgan fingerprint density at radius 3 is 2.23 bits per heavy atom. The van der Waals surface area contributed by atoms with Gasteiger partial charge in [-0.15, -0.1) is 0 Å². The van der Waals surface area contributed by atoms with E-state index in [1.807, 2.05) is 45.9 Å². The van der Waals surface area contributed by atoms with Crippen molar-refractivity contribution in [2.24, 2.45) is 0 Å². The summed E-state index contributed by atoms with van der Waals surface area (Å²) in [4.78, 5) is 70.1. The van der Waals surface area contributed by atoms with Crippen molar-refractivity contribution in [2.75, 3.05) is 6.61 Å². The average Bonchev–Trinajstić information content (AvgIpc) is 3.75. The van der Waals surface area contributed by atoms with E-state index in [4.69, 9.17) is 19.9 Å². The van der Waals surface area contributed by atoms with E-state index in [1.165, 1.54) is 0 Å². The summed E-state index contributed by atoms with van der Waals surface area (Å²) in [6, 6.07) is 4.23.